The van der Waals surface area contributed by atoms with Crippen molar-refractivity contribution in [3.05, 3.63) is 0 Å². The summed E-state index contributed by atoms with van der Waals surface area (Å²) < 4.78 is 5.13. The van der Waals surface area contributed by atoms with Gasteiger partial charge in [0.25, 0.3) is 0 Å². The van der Waals surface area contributed by atoms with E-state index in [9.17, 15) is 0 Å². The molecule has 0 aromatic rings. The molecule has 1 rings (SSSR count). The van der Waals surface area contributed by atoms with Gasteiger partial charge in [0.2, 0.25) is 0 Å². The monoisotopic (exact) mass is 189 g/mol. The van der Waals surface area contributed by atoms with E-state index in [0.717, 1.165) is 19.8 Å². The minimum Gasteiger partial charge on any atom is -0.379 e. The lowest BCUT2D eigenvalue weighted by Crippen LogP contribution is -2.38. The van der Waals surface area contributed by atoms with Crippen LogP contribution < -0.4 is 5.73 Å². The summed E-state index contributed by atoms with van der Waals surface area (Å²) in [6.45, 7) is 9.34. The van der Waals surface area contributed by atoms with Crippen molar-refractivity contribution in [2.75, 3.05) is 19.8 Å². The molecule has 2 nitrogen and oxygen atoms in total. The molecule has 1 saturated heterocycles. The van der Waals surface area contributed by atoms with Gasteiger partial charge in [-0.05, 0) is 5.41 Å². The van der Waals surface area contributed by atoms with Gasteiger partial charge in [-0.25, -0.2) is 0 Å². The normalized spacial score (nSPS) is 22.0. The van der Waals surface area contributed by atoms with Gasteiger partial charge in [-0.15, -0.1) is 11.8 Å². The van der Waals surface area contributed by atoms with Crippen LogP contribution in [0.25, 0.3) is 0 Å². The Morgan fingerprint density at radius 3 is 2.33 bits per heavy atom. The summed E-state index contributed by atoms with van der Waals surface area (Å²) in [5.41, 5.74) is 6.04. The third kappa shape index (κ3) is 2.64. The highest BCUT2D eigenvalue weighted by Gasteiger charge is 2.29. The van der Waals surface area contributed by atoms with Crippen LogP contribution in [0, 0.1) is 5.41 Å². The molecule has 1 aliphatic heterocycles. The van der Waals surface area contributed by atoms with E-state index in [0.29, 0.717) is 15.9 Å². The van der Waals surface area contributed by atoms with Crippen molar-refractivity contribution in [3.8, 4) is 0 Å². The van der Waals surface area contributed by atoms with E-state index in [1.54, 1.807) is 0 Å². The molecule has 2 N–H and O–H groups in total. The number of hydrogen-bond donors (Lipinski definition) is 1. The highest BCUT2D eigenvalue weighted by Crippen LogP contribution is 2.34. The third-order valence-corrected chi connectivity index (χ3v) is 4.03. The molecular formula is C9H19NOS. The smallest absolute Gasteiger partial charge is 0.0608 e. The molecule has 0 spiro atoms. The van der Waals surface area contributed by atoms with Gasteiger partial charge in [0.15, 0.2) is 0 Å². The van der Waals surface area contributed by atoms with E-state index in [4.69, 9.17) is 10.5 Å². The van der Waals surface area contributed by atoms with Gasteiger partial charge >= 0.3 is 0 Å². The molecule has 0 bridgehead atoms. The maximum Gasteiger partial charge on any atom is 0.0608 e. The number of hydrogen-bond acceptors (Lipinski definition) is 3. The molecule has 72 valence electrons. The van der Waals surface area contributed by atoms with Crippen molar-refractivity contribution in [1.82, 2.24) is 0 Å². The molecule has 1 atom stereocenters. The minimum absolute atomic E-state index is 0.314. The van der Waals surface area contributed by atoms with Crippen LogP contribution in [0.4, 0.5) is 0 Å². The molecule has 12 heavy (non-hydrogen) atoms. The summed E-state index contributed by atoms with van der Waals surface area (Å²) in [5.74, 6) is 0. The van der Waals surface area contributed by atoms with Crippen LogP contribution in [0.3, 0.4) is 0 Å². The zero-order chi connectivity index (χ0) is 9.19. The molecule has 0 aliphatic carbocycles. The van der Waals surface area contributed by atoms with Crippen LogP contribution in [0.2, 0.25) is 0 Å². The fourth-order valence-corrected chi connectivity index (χ4v) is 2.47. The summed E-state index contributed by atoms with van der Waals surface area (Å²) in [6, 6.07) is 0. The molecule has 3 heteroatoms. The maximum atomic E-state index is 5.72. The number of nitrogens with two attached hydrogens (primary N) is 1. The molecule has 0 amide bonds. The van der Waals surface area contributed by atoms with E-state index >= 15 is 0 Å². The lowest BCUT2D eigenvalue weighted by Gasteiger charge is -2.35. The second-order valence-electron chi connectivity index (χ2n) is 4.39. The van der Waals surface area contributed by atoms with Crippen molar-refractivity contribution in [1.29, 1.82) is 0 Å². The lowest BCUT2D eigenvalue weighted by molar-refractivity contribution is 0.0450. The molecular weight excluding hydrogens is 170 g/mol. The topological polar surface area (TPSA) is 35.2 Å². The fraction of sp³-hybridized carbons (Fsp3) is 1.00. The molecule has 0 radical (unpaired) electrons. The van der Waals surface area contributed by atoms with Crippen LogP contribution >= 0.6 is 11.8 Å². The van der Waals surface area contributed by atoms with Gasteiger partial charge in [0.1, 0.15) is 0 Å². The summed E-state index contributed by atoms with van der Waals surface area (Å²) in [6.07, 6.45) is 0. The second kappa shape index (κ2) is 3.99. The van der Waals surface area contributed by atoms with Gasteiger partial charge < -0.3 is 10.5 Å². The minimum atomic E-state index is 0.314. The average Bonchev–Trinajstić information content (AvgIpc) is 1.82. The summed E-state index contributed by atoms with van der Waals surface area (Å²) in [5, 5.41) is 1.25. The first-order valence-electron chi connectivity index (χ1n) is 4.47. The lowest BCUT2D eigenvalue weighted by atomic mass is 9.92. The van der Waals surface area contributed by atoms with Crippen LogP contribution in [0.5, 0.6) is 0 Å². The highest BCUT2D eigenvalue weighted by molar-refractivity contribution is 8.00. The zero-order valence-corrected chi connectivity index (χ0v) is 8.99. The second-order valence-corrected chi connectivity index (χ2v) is 5.89. The predicted octanol–water partition coefficient (Wildman–Crippen LogP) is 1.49. The number of ether oxygens (including phenoxy) is 1. The molecule has 1 heterocycles. The standard InChI is InChI=1S/C9H19NOS/c1-9(2,3)8(4-10)12-7-5-11-6-7/h7-8H,4-6,10H2,1-3H3. The molecule has 0 saturated carbocycles. The molecule has 0 aromatic carbocycles. The Morgan fingerprint density at radius 2 is 2.08 bits per heavy atom. The number of thioether (sulfide) groups is 1. The fourth-order valence-electron chi connectivity index (χ4n) is 1.14. The van der Waals surface area contributed by atoms with Crippen LogP contribution in [-0.4, -0.2) is 30.3 Å². The maximum absolute atomic E-state index is 5.72. The third-order valence-electron chi connectivity index (χ3n) is 2.14. The molecule has 1 aliphatic rings. The average molecular weight is 189 g/mol. The largest absolute Gasteiger partial charge is 0.379 e. The van der Waals surface area contributed by atoms with E-state index in [2.05, 4.69) is 20.8 Å². The van der Waals surface area contributed by atoms with Crippen molar-refractivity contribution in [2.45, 2.75) is 31.3 Å². The first-order chi connectivity index (χ1) is 5.54. The van der Waals surface area contributed by atoms with Crippen molar-refractivity contribution in [2.24, 2.45) is 11.1 Å². The Hall–Kier alpha value is 0.270. The van der Waals surface area contributed by atoms with Gasteiger partial charge in [0, 0.05) is 11.8 Å². The van der Waals surface area contributed by atoms with Gasteiger partial charge in [-0.1, -0.05) is 20.8 Å². The van der Waals surface area contributed by atoms with Crippen LogP contribution in [0.1, 0.15) is 20.8 Å². The Kier molecular flexibility index (Phi) is 3.44. The first-order valence-corrected chi connectivity index (χ1v) is 5.41. The number of rotatable bonds is 3. The van der Waals surface area contributed by atoms with Crippen molar-refractivity contribution in [3.63, 3.8) is 0 Å². The van der Waals surface area contributed by atoms with Crippen LogP contribution in [-0.2, 0) is 4.74 Å². The van der Waals surface area contributed by atoms with Crippen molar-refractivity contribution < 1.29 is 4.74 Å². The van der Waals surface area contributed by atoms with Gasteiger partial charge in [-0.2, -0.15) is 0 Å². The summed E-state index contributed by atoms with van der Waals surface area (Å²) in [7, 11) is 0. The Labute approximate surface area is 79.2 Å². The zero-order valence-electron chi connectivity index (χ0n) is 8.17. The molecule has 1 unspecified atom stereocenters. The highest BCUT2D eigenvalue weighted by atomic mass is 32.2. The first kappa shape index (κ1) is 10.4. The Bertz CT molecular complexity index is 140. The van der Waals surface area contributed by atoms with E-state index < -0.39 is 0 Å². The quantitative estimate of drug-likeness (QED) is 0.730. The Morgan fingerprint density at radius 1 is 1.50 bits per heavy atom. The molecule has 1 fully saturated rings. The molecule has 0 aromatic heterocycles. The summed E-state index contributed by atoms with van der Waals surface area (Å²) in [4.78, 5) is 0. The summed E-state index contributed by atoms with van der Waals surface area (Å²) >= 11 is 1.99. The van der Waals surface area contributed by atoms with E-state index in [-0.39, 0.29) is 0 Å². The van der Waals surface area contributed by atoms with E-state index in [1.807, 2.05) is 11.8 Å². The van der Waals surface area contributed by atoms with E-state index in [1.165, 1.54) is 0 Å². The van der Waals surface area contributed by atoms with Gasteiger partial charge in [-0.3, -0.25) is 0 Å². The van der Waals surface area contributed by atoms with Crippen LogP contribution in [0.15, 0.2) is 0 Å². The predicted molar refractivity (Wildman–Crippen MR) is 54.5 cm³/mol. The van der Waals surface area contributed by atoms with Crippen molar-refractivity contribution >= 4 is 11.8 Å². The Balaban J connectivity index is 2.34. The SMILES string of the molecule is CC(C)(C)C(CN)SC1COC1. The van der Waals surface area contributed by atoms with Gasteiger partial charge in [0.05, 0.1) is 18.5 Å².